The third-order valence-electron chi connectivity index (χ3n) is 4.06. The minimum atomic E-state index is 1.17. The van der Waals surface area contributed by atoms with Crippen molar-refractivity contribution in [2.24, 2.45) is 0 Å². The van der Waals surface area contributed by atoms with E-state index < -0.39 is 0 Å². The van der Waals surface area contributed by atoms with E-state index in [2.05, 4.69) is 42.3 Å². The fourth-order valence-corrected chi connectivity index (χ4v) is 2.85. The largest absolute Gasteiger partial charge is 0.256 e. The first-order valence-electron chi connectivity index (χ1n) is 8.90. The van der Waals surface area contributed by atoms with E-state index in [9.17, 15) is 0 Å². The zero-order valence-corrected chi connectivity index (χ0v) is 14.0. The van der Waals surface area contributed by atoms with Crippen molar-refractivity contribution in [2.75, 3.05) is 0 Å². The van der Waals surface area contributed by atoms with E-state index in [1.54, 1.807) is 5.82 Å². The Balaban J connectivity index is 2.50. The van der Waals surface area contributed by atoms with Gasteiger partial charge in [0.15, 0.2) is 0 Å². The molecule has 1 heterocycles. The van der Waals surface area contributed by atoms with E-state index in [1.807, 2.05) is 0 Å². The molecule has 1 aromatic heterocycles. The first-order valence-corrected chi connectivity index (χ1v) is 8.90. The maximum atomic E-state index is 2.51. The van der Waals surface area contributed by atoms with Gasteiger partial charge in [0.1, 0.15) is 12.4 Å². The first-order chi connectivity index (χ1) is 9.83. The Kier molecular flexibility index (Phi) is 9.44. The molecule has 20 heavy (non-hydrogen) atoms. The van der Waals surface area contributed by atoms with Crippen LogP contribution in [0.5, 0.6) is 0 Å². The fourth-order valence-electron chi connectivity index (χ4n) is 2.85. The van der Waals surface area contributed by atoms with Crippen molar-refractivity contribution in [3.05, 3.63) is 18.2 Å². The lowest BCUT2D eigenvalue weighted by molar-refractivity contribution is -0.704. The Morgan fingerprint density at radius 3 is 2.25 bits per heavy atom. The van der Waals surface area contributed by atoms with Gasteiger partial charge in [-0.3, -0.25) is 0 Å². The van der Waals surface area contributed by atoms with Crippen molar-refractivity contribution >= 4 is 0 Å². The molecule has 1 rings (SSSR count). The summed E-state index contributed by atoms with van der Waals surface area (Å²) in [6.45, 7) is 9.22. The van der Waals surface area contributed by atoms with Crippen molar-refractivity contribution in [1.82, 2.24) is 4.57 Å². The van der Waals surface area contributed by atoms with Crippen LogP contribution in [0.1, 0.15) is 84.4 Å². The molecule has 0 N–H and O–H groups in total. The van der Waals surface area contributed by atoms with E-state index in [1.165, 1.54) is 77.3 Å². The van der Waals surface area contributed by atoms with Gasteiger partial charge in [0.05, 0.1) is 13.1 Å². The molecule has 0 saturated carbocycles. The lowest BCUT2D eigenvalue weighted by atomic mass is 10.1. The Bertz CT molecular complexity index is 341. The van der Waals surface area contributed by atoms with Crippen LogP contribution in [0.15, 0.2) is 12.4 Å². The number of hydrogen-bond acceptors (Lipinski definition) is 0. The second kappa shape index (κ2) is 10.9. The van der Waals surface area contributed by atoms with Crippen molar-refractivity contribution < 1.29 is 4.57 Å². The molecular weight excluding hydrogens is 244 g/mol. The molecule has 0 aliphatic rings. The van der Waals surface area contributed by atoms with Crippen LogP contribution in [0.4, 0.5) is 0 Å². The lowest BCUT2D eigenvalue weighted by Crippen LogP contribution is -2.37. The highest BCUT2D eigenvalue weighted by Crippen LogP contribution is 2.07. The van der Waals surface area contributed by atoms with Crippen molar-refractivity contribution in [1.29, 1.82) is 0 Å². The van der Waals surface area contributed by atoms with Gasteiger partial charge in [0, 0.05) is 6.42 Å². The molecule has 0 aromatic carbocycles. The van der Waals surface area contributed by atoms with Crippen LogP contribution in [0, 0.1) is 0 Å². The maximum absolute atomic E-state index is 2.51. The number of imidazole rings is 1. The van der Waals surface area contributed by atoms with Crippen molar-refractivity contribution in [3.63, 3.8) is 0 Å². The molecule has 0 aliphatic heterocycles. The van der Waals surface area contributed by atoms with E-state index in [4.69, 9.17) is 0 Å². The minimum Gasteiger partial charge on any atom is -0.234 e. The molecule has 1 aromatic rings. The van der Waals surface area contributed by atoms with Crippen molar-refractivity contribution in [2.45, 2.75) is 98.1 Å². The number of hydrogen-bond donors (Lipinski definition) is 0. The first kappa shape index (κ1) is 17.3. The van der Waals surface area contributed by atoms with Crippen LogP contribution in [0.3, 0.4) is 0 Å². The SMILES string of the molecule is CCCCCCC[n+]1ccn(CCC)c1CCCCC. The maximum Gasteiger partial charge on any atom is 0.256 e. The van der Waals surface area contributed by atoms with Crippen LogP contribution in [0.2, 0.25) is 0 Å². The average Bonchev–Trinajstić information content (AvgIpc) is 2.82. The van der Waals surface area contributed by atoms with Gasteiger partial charge in [-0.05, 0) is 25.7 Å². The van der Waals surface area contributed by atoms with Gasteiger partial charge in [-0.25, -0.2) is 9.13 Å². The molecule has 0 radical (unpaired) electrons. The molecule has 0 saturated heterocycles. The summed E-state index contributed by atoms with van der Waals surface area (Å²) in [7, 11) is 0. The Labute approximate surface area is 126 Å². The topological polar surface area (TPSA) is 8.81 Å². The van der Waals surface area contributed by atoms with Gasteiger partial charge >= 0.3 is 0 Å². The normalized spacial score (nSPS) is 11.2. The lowest BCUT2D eigenvalue weighted by Gasteiger charge is -2.05. The highest BCUT2D eigenvalue weighted by atomic mass is 15.1. The molecule has 0 amide bonds. The number of nitrogens with zero attached hydrogens (tertiary/aromatic N) is 2. The molecule has 0 bridgehead atoms. The summed E-state index contributed by atoms with van der Waals surface area (Å²) in [6.07, 6.45) is 17.9. The van der Waals surface area contributed by atoms with Gasteiger partial charge in [-0.1, -0.05) is 52.9 Å². The fraction of sp³-hybridized carbons (Fsp3) is 0.833. The van der Waals surface area contributed by atoms with Gasteiger partial charge in [-0.15, -0.1) is 0 Å². The minimum absolute atomic E-state index is 1.17. The summed E-state index contributed by atoms with van der Waals surface area (Å²) in [5, 5.41) is 0. The zero-order chi connectivity index (χ0) is 14.6. The monoisotopic (exact) mass is 279 g/mol. The molecular formula is C18H35N2+. The second-order valence-electron chi connectivity index (χ2n) is 5.97. The number of aromatic nitrogens is 2. The van der Waals surface area contributed by atoms with E-state index in [-0.39, 0.29) is 0 Å². The molecule has 0 unspecified atom stereocenters. The molecule has 2 nitrogen and oxygen atoms in total. The highest BCUT2D eigenvalue weighted by Gasteiger charge is 2.15. The van der Waals surface area contributed by atoms with Crippen LogP contribution >= 0.6 is 0 Å². The highest BCUT2D eigenvalue weighted by molar-refractivity contribution is 4.84. The molecule has 0 fully saturated rings. The van der Waals surface area contributed by atoms with Gasteiger partial charge in [0.2, 0.25) is 0 Å². The van der Waals surface area contributed by atoms with Crippen LogP contribution in [-0.2, 0) is 19.5 Å². The summed E-state index contributed by atoms with van der Waals surface area (Å²) in [4.78, 5) is 0. The van der Waals surface area contributed by atoms with Gasteiger partial charge in [0.25, 0.3) is 5.82 Å². The van der Waals surface area contributed by atoms with Crippen LogP contribution in [-0.4, -0.2) is 4.57 Å². The molecule has 116 valence electrons. The quantitative estimate of drug-likeness (QED) is 0.380. The number of rotatable bonds is 12. The summed E-state index contributed by atoms with van der Waals surface area (Å²) < 4.78 is 4.99. The van der Waals surface area contributed by atoms with Crippen LogP contribution in [0.25, 0.3) is 0 Å². The molecule has 0 spiro atoms. The smallest absolute Gasteiger partial charge is 0.234 e. The third kappa shape index (κ3) is 6.11. The summed E-state index contributed by atoms with van der Waals surface area (Å²) in [6, 6.07) is 0. The Hall–Kier alpha value is -0.790. The summed E-state index contributed by atoms with van der Waals surface area (Å²) in [5.41, 5.74) is 0. The predicted octanol–water partition coefficient (Wildman–Crippen LogP) is 4.89. The zero-order valence-electron chi connectivity index (χ0n) is 14.0. The number of unbranched alkanes of at least 4 members (excludes halogenated alkanes) is 6. The summed E-state index contributed by atoms with van der Waals surface area (Å²) >= 11 is 0. The van der Waals surface area contributed by atoms with E-state index in [0.29, 0.717) is 0 Å². The molecule has 0 aliphatic carbocycles. The van der Waals surface area contributed by atoms with Gasteiger partial charge < -0.3 is 0 Å². The van der Waals surface area contributed by atoms with Crippen LogP contribution < -0.4 is 4.57 Å². The molecule has 2 heteroatoms. The average molecular weight is 279 g/mol. The summed E-state index contributed by atoms with van der Waals surface area (Å²) in [5.74, 6) is 1.55. The van der Waals surface area contributed by atoms with Crippen molar-refractivity contribution in [3.8, 4) is 0 Å². The standard InChI is InChI=1S/C18H35N2/c1-4-7-9-10-12-15-20-17-16-19(14-6-3)18(20)13-11-8-5-2/h16-17H,4-15H2,1-3H3/q+1. The van der Waals surface area contributed by atoms with E-state index >= 15 is 0 Å². The Morgan fingerprint density at radius 1 is 0.850 bits per heavy atom. The van der Waals surface area contributed by atoms with E-state index in [0.717, 1.165) is 0 Å². The number of aryl methyl sites for hydroxylation is 2. The molecule has 0 atom stereocenters. The predicted molar refractivity (Wildman–Crippen MR) is 86.9 cm³/mol. The van der Waals surface area contributed by atoms with Gasteiger partial charge in [-0.2, -0.15) is 0 Å². The third-order valence-corrected chi connectivity index (χ3v) is 4.06. The Morgan fingerprint density at radius 2 is 1.55 bits per heavy atom. The second-order valence-corrected chi connectivity index (χ2v) is 5.97.